The molecule has 0 aliphatic carbocycles. The molecule has 1 amide bonds. The van der Waals surface area contributed by atoms with Crippen molar-refractivity contribution < 1.29 is 4.79 Å². The zero-order valence-corrected chi connectivity index (χ0v) is 11.9. The van der Waals surface area contributed by atoms with Crippen LogP contribution in [0.4, 0.5) is 0 Å². The number of likely N-dealkylation sites (tertiary alicyclic amines) is 1. The molecule has 0 N–H and O–H groups in total. The number of hydrogen-bond acceptors (Lipinski definition) is 4. The van der Waals surface area contributed by atoms with E-state index in [1.807, 2.05) is 23.4 Å². The van der Waals surface area contributed by atoms with Crippen LogP contribution in [0.15, 0.2) is 16.3 Å². The van der Waals surface area contributed by atoms with Gasteiger partial charge in [0.15, 0.2) is 0 Å². The average Bonchev–Trinajstić information content (AvgIpc) is 2.75. The largest absolute Gasteiger partial charge is 0.338 e. The molecule has 1 aromatic rings. The summed E-state index contributed by atoms with van der Waals surface area (Å²) in [6.07, 6.45) is 2.13. The van der Waals surface area contributed by atoms with E-state index in [1.54, 1.807) is 0 Å². The van der Waals surface area contributed by atoms with Gasteiger partial charge in [-0.05, 0) is 39.0 Å². The van der Waals surface area contributed by atoms with Crippen LogP contribution in [0.5, 0.6) is 0 Å². The first-order valence-corrected chi connectivity index (χ1v) is 7.14. The van der Waals surface area contributed by atoms with Crippen LogP contribution >= 0.6 is 24.0 Å². The van der Waals surface area contributed by atoms with Crippen molar-refractivity contribution in [3.05, 3.63) is 16.3 Å². The van der Waals surface area contributed by atoms with Crippen LogP contribution in [0.1, 0.15) is 22.5 Å². The summed E-state index contributed by atoms with van der Waals surface area (Å²) < 4.78 is 0. The SMILES string of the molecule is CN1CCC(N(C)C(=O)c2cc(S)cs2)CC1. The minimum absolute atomic E-state index is 0.129. The Morgan fingerprint density at radius 1 is 1.53 bits per heavy atom. The van der Waals surface area contributed by atoms with Gasteiger partial charge in [0.25, 0.3) is 5.91 Å². The Balaban J connectivity index is 2.00. The van der Waals surface area contributed by atoms with Gasteiger partial charge in [-0.25, -0.2) is 0 Å². The Bertz CT molecular complexity index is 397. The topological polar surface area (TPSA) is 23.6 Å². The lowest BCUT2D eigenvalue weighted by molar-refractivity contribution is 0.0664. The molecule has 2 heterocycles. The summed E-state index contributed by atoms with van der Waals surface area (Å²) in [6.45, 7) is 2.15. The van der Waals surface area contributed by atoms with Gasteiger partial charge in [-0.15, -0.1) is 24.0 Å². The van der Waals surface area contributed by atoms with Gasteiger partial charge in [-0.1, -0.05) is 0 Å². The molecule has 1 aromatic heterocycles. The molecule has 1 fully saturated rings. The number of carbonyl (C=O) groups excluding carboxylic acids is 1. The maximum Gasteiger partial charge on any atom is 0.263 e. The number of thiophene rings is 1. The fourth-order valence-corrected chi connectivity index (χ4v) is 3.29. The number of thiol groups is 1. The number of piperidine rings is 1. The Morgan fingerprint density at radius 2 is 2.18 bits per heavy atom. The lowest BCUT2D eigenvalue weighted by Gasteiger charge is -2.34. The molecule has 0 atom stereocenters. The zero-order valence-electron chi connectivity index (χ0n) is 10.2. The lowest BCUT2D eigenvalue weighted by atomic mass is 10.0. The molecule has 0 aromatic carbocycles. The van der Waals surface area contributed by atoms with Crippen LogP contribution in [0.2, 0.25) is 0 Å². The molecule has 94 valence electrons. The van der Waals surface area contributed by atoms with Crippen molar-refractivity contribution >= 4 is 29.9 Å². The fourth-order valence-electron chi connectivity index (χ4n) is 2.16. The van der Waals surface area contributed by atoms with Crippen molar-refractivity contribution in [2.45, 2.75) is 23.8 Å². The molecule has 2 rings (SSSR count). The maximum atomic E-state index is 12.2. The molecule has 17 heavy (non-hydrogen) atoms. The third-order valence-electron chi connectivity index (χ3n) is 3.35. The average molecular weight is 270 g/mol. The molecule has 0 spiro atoms. The van der Waals surface area contributed by atoms with E-state index < -0.39 is 0 Å². The van der Waals surface area contributed by atoms with Crippen molar-refractivity contribution in [1.82, 2.24) is 9.80 Å². The second-order valence-electron chi connectivity index (χ2n) is 4.62. The highest BCUT2D eigenvalue weighted by Gasteiger charge is 2.25. The summed E-state index contributed by atoms with van der Waals surface area (Å²) in [5.41, 5.74) is 0. The number of hydrogen-bond donors (Lipinski definition) is 1. The van der Waals surface area contributed by atoms with Gasteiger partial charge in [-0.2, -0.15) is 0 Å². The van der Waals surface area contributed by atoms with E-state index in [-0.39, 0.29) is 5.91 Å². The van der Waals surface area contributed by atoms with Gasteiger partial charge in [0.1, 0.15) is 0 Å². The first-order chi connectivity index (χ1) is 8.08. The van der Waals surface area contributed by atoms with Crippen molar-refractivity contribution in [3.63, 3.8) is 0 Å². The first kappa shape index (κ1) is 12.9. The highest BCUT2D eigenvalue weighted by Crippen LogP contribution is 2.22. The Hall–Kier alpha value is -0.520. The quantitative estimate of drug-likeness (QED) is 0.833. The Labute approximate surface area is 112 Å². The van der Waals surface area contributed by atoms with E-state index in [0.717, 1.165) is 35.7 Å². The van der Waals surface area contributed by atoms with Crippen LogP contribution in [0.25, 0.3) is 0 Å². The van der Waals surface area contributed by atoms with Crippen molar-refractivity contribution in [3.8, 4) is 0 Å². The highest BCUT2D eigenvalue weighted by atomic mass is 32.1. The molecule has 1 aliphatic rings. The molecular weight excluding hydrogens is 252 g/mol. The molecular formula is C12H18N2OS2. The molecule has 0 saturated carbocycles. The summed E-state index contributed by atoms with van der Waals surface area (Å²) in [7, 11) is 4.04. The third-order valence-corrected chi connectivity index (χ3v) is 4.70. The summed E-state index contributed by atoms with van der Waals surface area (Å²) in [6, 6.07) is 2.23. The van der Waals surface area contributed by atoms with Gasteiger partial charge in [0, 0.05) is 23.4 Å². The van der Waals surface area contributed by atoms with Gasteiger partial charge in [0.05, 0.1) is 4.88 Å². The Morgan fingerprint density at radius 3 is 2.71 bits per heavy atom. The number of carbonyl (C=O) groups is 1. The van der Waals surface area contributed by atoms with E-state index in [2.05, 4.69) is 24.6 Å². The van der Waals surface area contributed by atoms with E-state index in [4.69, 9.17) is 0 Å². The van der Waals surface area contributed by atoms with Gasteiger partial charge >= 0.3 is 0 Å². The second kappa shape index (κ2) is 5.42. The number of rotatable bonds is 2. The van der Waals surface area contributed by atoms with Crippen molar-refractivity contribution in [1.29, 1.82) is 0 Å². The van der Waals surface area contributed by atoms with Crippen LogP contribution in [-0.4, -0.2) is 48.9 Å². The van der Waals surface area contributed by atoms with Crippen LogP contribution in [0, 0.1) is 0 Å². The number of nitrogens with zero attached hydrogens (tertiary/aromatic N) is 2. The normalized spacial score (nSPS) is 18.3. The monoisotopic (exact) mass is 270 g/mol. The highest BCUT2D eigenvalue weighted by molar-refractivity contribution is 7.80. The molecule has 5 heteroatoms. The molecule has 3 nitrogen and oxygen atoms in total. The summed E-state index contributed by atoms with van der Waals surface area (Å²) >= 11 is 5.71. The fraction of sp³-hybridized carbons (Fsp3) is 0.583. The van der Waals surface area contributed by atoms with Crippen molar-refractivity contribution in [2.75, 3.05) is 27.2 Å². The first-order valence-electron chi connectivity index (χ1n) is 5.81. The molecule has 1 saturated heterocycles. The number of amides is 1. The second-order valence-corrected chi connectivity index (χ2v) is 6.05. The summed E-state index contributed by atoms with van der Waals surface area (Å²) in [5.74, 6) is 0.129. The molecule has 0 bridgehead atoms. The molecule has 0 unspecified atom stereocenters. The predicted octanol–water partition coefficient (Wildman–Crippen LogP) is 2.20. The maximum absolute atomic E-state index is 12.2. The van der Waals surface area contributed by atoms with Crippen molar-refractivity contribution in [2.24, 2.45) is 0 Å². The van der Waals surface area contributed by atoms with E-state index in [9.17, 15) is 4.79 Å². The summed E-state index contributed by atoms with van der Waals surface area (Å²) in [5, 5.41) is 1.90. The molecule has 0 radical (unpaired) electrons. The van der Waals surface area contributed by atoms with Gasteiger partial charge < -0.3 is 9.80 Å². The summed E-state index contributed by atoms with van der Waals surface area (Å²) in [4.78, 5) is 18.1. The van der Waals surface area contributed by atoms with E-state index >= 15 is 0 Å². The third kappa shape index (κ3) is 3.03. The minimum atomic E-state index is 0.129. The van der Waals surface area contributed by atoms with Crippen LogP contribution in [0.3, 0.4) is 0 Å². The van der Waals surface area contributed by atoms with Crippen LogP contribution < -0.4 is 0 Å². The van der Waals surface area contributed by atoms with Gasteiger partial charge in [-0.3, -0.25) is 4.79 Å². The standard InChI is InChI=1S/C12H18N2OS2/c1-13-5-3-9(4-6-13)14(2)12(15)11-7-10(16)8-17-11/h7-9,16H,3-6H2,1-2H3. The molecule has 1 aliphatic heterocycles. The minimum Gasteiger partial charge on any atom is -0.338 e. The van der Waals surface area contributed by atoms with E-state index in [1.165, 1.54) is 11.3 Å². The lowest BCUT2D eigenvalue weighted by Crippen LogP contribution is -2.44. The zero-order chi connectivity index (χ0) is 12.4. The predicted molar refractivity (Wildman–Crippen MR) is 74.2 cm³/mol. The van der Waals surface area contributed by atoms with E-state index in [0.29, 0.717) is 6.04 Å². The van der Waals surface area contributed by atoms with Gasteiger partial charge in [0.2, 0.25) is 0 Å². The van der Waals surface area contributed by atoms with Crippen LogP contribution in [-0.2, 0) is 0 Å². The smallest absolute Gasteiger partial charge is 0.263 e. The Kier molecular flexibility index (Phi) is 4.12.